The molecule has 0 saturated carbocycles. The Kier molecular flexibility index (Phi) is 4.90. The Balaban J connectivity index is 0.00000128. The van der Waals surface area contributed by atoms with Crippen LogP contribution in [0.2, 0.25) is 0 Å². The van der Waals surface area contributed by atoms with Crippen molar-refractivity contribution in [2.24, 2.45) is 0 Å². The molecule has 3 nitrogen and oxygen atoms in total. The highest BCUT2D eigenvalue weighted by atomic mass is 35.5. The smallest absolute Gasteiger partial charge is 0.120 e. The number of likely N-dealkylation sites (N-methyl/N-ethyl adjacent to an activating group) is 1. The summed E-state index contributed by atoms with van der Waals surface area (Å²) >= 11 is 0. The van der Waals surface area contributed by atoms with Crippen molar-refractivity contribution in [2.45, 2.75) is 0 Å². The second kappa shape index (κ2) is 5.97. The Morgan fingerprint density at radius 1 is 1.12 bits per heavy atom. The first-order valence-corrected chi connectivity index (χ1v) is 5.37. The summed E-state index contributed by atoms with van der Waals surface area (Å²) in [5.74, 6) is 0.937. The maximum Gasteiger partial charge on any atom is 0.120 e. The Morgan fingerprint density at radius 2 is 1.81 bits per heavy atom. The molecule has 1 aromatic rings. The lowest BCUT2D eigenvalue weighted by Crippen LogP contribution is -3.00. The van der Waals surface area contributed by atoms with Gasteiger partial charge in [-0.05, 0) is 19.2 Å². The minimum Gasteiger partial charge on any atom is -1.00 e. The molecule has 0 unspecified atom stereocenters. The summed E-state index contributed by atoms with van der Waals surface area (Å²) in [7, 11) is 3.88. The molecule has 1 aliphatic rings. The van der Waals surface area contributed by atoms with Crippen molar-refractivity contribution in [1.82, 2.24) is 4.90 Å². The summed E-state index contributed by atoms with van der Waals surface area (Å²) in [5.41, 5.74) is 1.27. The third kappa shape index (κ3) is 3.03. The number of benzene rings is 1. The van der Waals surface area contributed by atoms with Crippen LogP contribution in [0.4, 0.5) is 5.69 Å². The molecule has 0 bridgehead atoms. The number of hydrogen-bond donors (Lipinski definition) is 0. The SMILES string of the molecule is COc1cccc(N2CCN(C)CC2)c1.[Cl-]. The molecule has 1 aliphatic heterocycles. The normalized spacial score (nSPS) is 16.8. The molecule has 0 atom stereocenters. The van der Waals surface area contributed by atoms with Crippen LogP contribution in [-0.2, 0) is 0 Å². The average Bonchev–Trinajstić information content (AvgIpc) is 2.30. The molecule has 1 saturated heterocycles. The molecular formula is C12H18ClN2O-. The number of nitrogens with zero attached hydrogens (tertiary/aromatic N) is 2. The van der Waals surface area contributed by atoms with E-state index < -0.39 is 0 Å². The molecule has 0 spiro atoms. The van der Waals surface area contributed by atoms with E-state index in [-0.39, 0.29) is 12.4 Å². The molecule has 0 amide bonds. The molecule has 16 heavy (non-hydrogen) atoms. The first kappa shape index (κ1) is 13.1. The predicted molar refractivity (Wildman–Crippen MR) is 62.7 cm³/mol. The minimum atomic E-state index is 0. The average molecular weight is 242 g/mol. The van der Waals surface area contributed by atoms with E-state index in [0.717, 1.165) is 31.9 Å². The van der Waals surface area contributed by atoms with Crippen LogP contribution in [0, 0.1) is 0 Å². The van der Waals surface area contributed by atoms with Crippen molar-refractivity contribution in [3.63, 3.8) is 0 Å². The van der Waals surface area contributed by atoms with E-state index in [1.54, 1.807) is 7.11 Å². The highest BCUT2D eigenvalue weighted by molar-refractivity contribution is 5.51. The quantitative estimate of drug-likeness (QED) is 0.624. The first-order chi connectivity index (χ1) is 7.29. The fraction of sp³-hybridized carbons (Fsp3) is 0.500. The van der Waals surface area contributed by atoms with Crippen LogP contribution in [0.15, 0.2) is 24.3 Å². The fourth-order valence-electron chi connectivity index (χ4n) is 1.87. The van der Waals surface area contributed by atoms with Crippen LogP contribution in [0.5, 0.6) is 5.75 Å². The van der Waals surface area contributed by atoms with Crippen LogP contribution in [0.1, 0.15) is 0 Å². The van der Waals surface area contributed by atoms with Gasteiger partial charge in [-0.2, -0.15) is 0 Å². The minimum absolute atomic E-state index is 0. The molecule has 2 rings (SSSR count). The summed E-state index contributed by atoms with van der Waals surface area (Å²) in [6, 6.07) is 8.28. The van der Waals surface area contributed by atoms with E-state index in [4.69, 9.17) is 4.74 Å². The maximum atomic E-state index is 5.23. The zero-order valence-electron chi connectivity index (χ0n) is 9.82. The number of methoxy groups -OCH3 is 1. The number of piperazine rings is 1. The van der Waals surface area contributed by atoms with Crippen molar-refractivity contribution in [2.75, 3.05) is 45.2 Å². The van der Waals surface area contributed by atoms with Gasteiger partial charge in [0.2, 0.25) is 0 Å². The molecule has 1 heterocycles. The van der Waals surface area contributed by atoms with Crippen molar-refractivity contribution >= 4 is 5.69 Å². The Hall–Kier alpha value is -0.930. The van der Waals surface area contributed by atoms with Crippen LogP contribution >= 0.6 is 0 Å². The van der Waals surface area contributed by atoms with E-state index >= 15 is 0 Å². The third-order valence-electron chi connectivity index (χ3n) is 2.92. The van der Waals surface area contributed by atoms with E-state index in [1.165, 1.54) is 5.69 Å². The first-order valence-electron chi connectivity index (χ1n) is 5.37. The zero-order chi connectivity index (χ0) is 10.7. The van der Waals surface area contributed by atoms with Gasteiger partial charge in [-0.1, -0.05) is 6.07 Å². The fourth-order valence-corrected chi connectivity index (χ4v) is 1.87. The van der Waals surface area contributed by atoms with Crippen LogP contribution in [0.3, 0.4) is 0 Å². The summed E-state index contributed by atoms with van der Waals surface area (Å²) in [5, 5.41) is 0. The van der Waals surface area contributed by atoms with E-state index in [2.05, 4.69) is 29.0 Å². The lowest BCUT2D eigenvalue weighted by molar-refractivity contribution is -0.00000343. The Bertz CT molecular complexity index is 325. The lowest BCUT2D eigenvalue weighted by Gasteiger charge is -2.34. The lowest BCUT2D eigenvalue weighted by atomic mass is 10.2. The molecule has 0 aromatic heterocycles. The number of halogens is 1. The molecule has 0 radical (unpaired) electrons. The van der Waals surface area contributed by atoms with Gasteiger partial charge in [-0.3, -0.25) is 0 Å². The Morgan fingerprint density at radius 3 is 2.44 bits per heavy atom. The number of hydrogen-bond acceptors (Lipinski definition) is 3. The molecule has 4 heteroatoms. The van der Waals surface area contributed by atoms with Gasteiger partial charge in [-0.25, -0.2) is 0 Å². The topological polar surface area (TPSA) is 15.7 Å². The molecule has 1 fully saturated rings. The number of anilines is 1. The molecule has 0 N–H and O–H groups in total. The van der Waals surface area contributed by atoms with Crippen molar-refractivity contribution < 1.29 is 17.1 Å². The van der Waals surface area contributed by atoms with Gasteiger partial charge >= 0.3 is 0 Å². The highest BCUT2D eigenvalue weighted by Gasteiger charge is 2.14. The standard InChI is InChI=1S/C12H18N2O.ClH/c1-13-6-8-14(9-7-13)11-4-3-5-12(10-11)15-2;/h3-5,10H,6-9H2,1-2H3;1H/p-1. The van der Waals surface area contributed by atoms with E-state index in [0.29, 0.717) is 0 Å². The monoisotopic (exact) mass is 241 g/mol. The maximum absolute atomic E-state index is 5.23. The van der Waals surface area contributed by atoms with Crippen molar-refractivity contribution in [1.29, 1.82) is 0 Å². The van der Waals surface area contributed by atoms with Crippen molar-refractivity contribution in [3.05, 3.63) is 24.3 Å². The van der Waals surface area contributed by atoms with Gasteiger partial charge in [0.25, 0.3) is 0 Å². The van der Waals surface area contributed by atoms with Gasteiger partial charge in [0.15, 0.2) is 0 Å². The van der Waals surface area contributed by atoms with Gasteiger partial charge in [0.05, 0.1) is 7.11 Å². The second-order valence-electron chi connectivity index (χ2n) is 3.99. The summed E-state index contributed by atoms with van der Waals surface area (Å²) in [4.78, 5) is 4.76. The van der Waals surface area contributed by atoms with Crippen LogP contribution in [-0.4, -0.2) is 45.2 Å². The van der Waals surface area contributed by atoms with Gasteiger partial charge in [0.1, 0.15) is 5.75 Å². The third-order valence-corrected chi connectivity index (χ3v) is 2.92. The van der Waals surface area contributed by atoms with Crippen molar-refractivity contribution in [3.8, 4) is 5.75 Å². The van der Waals surface area contributed by atoms with Gasteiger partial charge in [-0.15, -0.1) is 0 Å². The number of ether oxygens (including phenoxy) is 1. The Labute approximate surface area is 103 Å². The number of rotatable bonds is 2. The summed E-state index contributed by atoms with van der Waals surface area (Å²) < 4.78 is 5.23. The summed E-state index contributed by atoms with van der Waals surface area (Å²) in [6.07, 6.45) is 0. The molecule has 90 valence electrons. The largest absolute Gasteiger partial charge is 1.00 e. The second-order valence-corrected chi connectivity index (χ2v) is 3.99. The van der Waals surface area contributed by atoms with E-state index in [1.807, 2.05) is 12.1 Å². The highest BCUT2D eigenvalue weighted by Crippen LogP contribution is 2.21. The predicted octanol–water partition coefficient (Wildman–Crippen LogP) is -1.55. The zero-order valence-corrected chi connectivity index (χ0v) is 10.6. The van der Waals surface area contributed by atoms with Gasteiger partial charge in [0, 0.05) is 37.9 Å². The van der Waals surface area contributed by atoms with Crippen LogP contribution in [0.25, 0.3) is 0 Å². The molecule has 0 aliphatic carbocycles. The van der Waals surface area contributed by atoms with E-state index in [9.17, 15) is 0 Å². The molecular weight excluding hydrogens is 224 g/mol. The van der Waals surface area contributed by atoms with Crippen LogP contribution < -0.4 is 22.0 Å². The molecule has 1 aromatic carbocycles. The summed E-state index contributed by atoms with van der Waals surface area (Å²) in [6.45, 7) is 4.47. The van der Waals surface area contributed by atoms with Gasteiger partial charge < -0.3 is 26.9 Å².